The lowest BCUT2D eigenvalue weighted by Gasteiger charge is -2.26. The molecular weight excluding hydrogens is 353 g/mol. The number of nitrogens with one attached hydrogen (secondary N) is 1. The summed E-state index contributed by atoms with van der Waals surface area (Å²) in [6.07, 6.45) is -0.246. The van der Waals surface area contributed by atoms with Gasteiger partial charge in [-0.2, -0.15) is 0 Å². The predicted octanol–water partition coefficient (Wildman–Crippen LogP) is 3.33. The van der Waals surface area contributed by atoms with Gasteiger partial charge in [-0.15, -0.1) is 0 Å². The van der Waals surface area contributed by atoms with Gasteiger partial charge in [-0.05, 0) is 30.3 Å². The van der Waals surface area contributed by atoms with Crippen molar-refractivity contribution >= 4 is 29.1 Å². The number of ether oxygens (including phenoxy) is 3. The molecule has 1 aliphatic heterocycles. The molecule has 5 nitrogen and oxygen atoms in total. The van der Waals surface area contributed by atoms with Crippen LogP contribution in [-0.2, 0) is 4.79 Å². The summed E-state index contributed by atoms with van der Waals surface area (Å²) in [6.45, 7) is 0.565. The van der Waals surface area contributed by atoms with Gasteiger partial charge in [0.2, 0.25) is 0 Å². The molecule has 0 aliphatic carbocycles. The second kappa shape index (κ2) is 7.64. The number of benzene rings is 2. The van der Waals surface area contributed by atoms with Crippen LogP contribution < -0.4 is 19.5 Å². The molecule has 0 saturated carbocycles. The van der Waals surface area contributed by atoms with Gasteiger partial charge in [0.25, 0.3) is 5.91 Å². The Morgan fingerprint density at radius 3 is 2.62 bits per heavy atom. The summed E-state index contributed by atoms with van der Waals surface area (Å²) in [4.78, 5) is 11.9. The van der Waals surface area contributed by atoms with Crippen LogP contribution in [0.3, 0.4) is 0 Å². The van der Waals surface area contributed by atoms with Gasteiger partial charge in [0.15, 0.2) is 18.1 Å². The van der Waals surface area contributed by atoms with E-state index in [1.807, 2.05) is 24.3 Å². The van der Waals surface area contributed by atoms with Crippen molar-refractivity contribution in [1.29, 1.82) is 0 Å². The molecule has 0 fully saturated rings. The first-order valence-corrected chi connectivity index (χ1v) is 8.10. The smallest absolute Gasteiger partial charge is 0.258 e. The van der Waals surface area contributed by atoms with Crippen molar-refractivity contribution in [3.63, 3.8) is 0 Å². The van der Waals surface area contributed by atoms with Crippen LogP contribution in [0.15, 0.2) is 42.5 Å². The number of carbonyl (C=O) groups excluding carboxylic acids is 1. The Morgan fingerprint density at radius 1 is 1.17 bits per heavy atom. The molecule has 0 radical (unpaired) electrons. The molecule has 0 bridgehead atoms. The highest BCUT2D eigenvalue weighted by atomic mass is 35.5. The largest absolute Gasteiger partial charge is 0.486 e. The van der Waals surface area contributed by atoms with E-state index in [9.17, 15) is 4.79 Å². The van der Waals surface area contributed by atoms with Crippen molar-refractivity contribution < 1.29 is 19.0 Å². The normalized spacial score (nSPS) is 15.7. The molecule has 0 spiro atoms. The third-order valence-electron chi connectivity index (χ3n) is 3.30. The molecule has 7 heteroatoms. The van der Waals surface area contributed by atoms with Crippen LogP contribution >= 0.6 is 23.2 Å². The van der Waals surface area contributed by atoms with Gasteiger partial charge in [-0.1, -0.05) is 35.3 Å². The zero-order valence-electron chi connectivity index (χ0n) is 12.6. The van der Waals surface area contributed by atoms with Gasteiger partial charge in [-0.25, -0.2) is 0 Å². The van der Waals surface area contributed by atoms with Gasteiger partial charge in [0.1, 0.15) is 18.5 Å². The first-order chi connectivity index (χ1) is 11.6. The lowest BCUT2D eigenvalue weighted by molar-refractivity contribution is -0.123. The Kier molecular flexibility index (Phi) is 5.33. The number of hydrogen-bond donors (Lipinski definition) is 1. The summed E-state index contributed by atoms with van der Waals surface area (Å²) >= 11 is 11.7. The number of hydrogen-bond acceptors (Lipinski definition) is 4. The Hall–Kier alpha value is -2.11. The van der Waals surface area contributed by atoms with Crippen molar-refractivity contribution in [1.82, 2.24) is 5.32 Å². The number of para-hydroxylation sites is 2. The van der Waals surface area contributed by atoms with Gasteiger partial charge in [-0.3, -0.25) is 4.79 Å². The topological polar surface area (TPSA) is 56.8 Å². The molecule has 24 heavy (non-hydrogen) atoms. The number of carbonyl (C=O) groups is 1. The summed E-state index contributed by atoms with van der Waals surface area (Å²) in [5.74, 6) is 1.55. The second-order valence-electron chi connectivity index (χ2n) is 5.20. The summed E-state index contributed by atoms with van der Waals surface area (Å²) in [5, 5.41) is 3.64. The predicted molar refractivity (Wildman–Crippen MR) is 91.3 cm³/mol. The Balaban J connectivity index is 1.45. The van der Waals surface area contributed by atoms with Crippen LogP contribution in [0.1, 0.15) is 0 Å². The van der Waals surface area contributed by atoms with Crippen molar-refractivity contribution in [3.05, 3.63) is 52.5 Å². The fourth-order valence-electron chi connectivity index (χ4n) is 2.20. The lowest BCUT2D eigenvalue weighted by Crippen LogP contribution is -2.42. The van der Waals surface area contributed by atoms with Gasteiger partial charge < -0.3 is 19.5 Å². The van der Waals surface area contributed by atoms with Crippen LogP contribution in [0.4, 0.5) is 0 Å². The molecule has 1 N–H and O–H groups in total. The number of amides is 1. The maximum absolute atomic E-state index is 11.9. The first kappa shape index (κ1) is 16.7. The first-order valence-electron chi connectivity index (χ1n) is 7.34. The highest BCUT2D eigenvalue weighted by molar-refractivity contribution is 6.34. The van der Waals surface area contributed by atoms with E-state index in [2.05, 4.69) is 5.32 Å². The molecule has 3 rings (SSSR count). The number of halogens is 2. The molecular formula is C17H15Cl2NO4. The summed E-state index contributed by atoms with van der Waals surface area (Å²) < 4.78 is 16.7. The lowest BCUT2D eigenvalue weighted by atomic mass is 10.2. The zero-order chi connectivity index (χ0) is 16.9. The van der Waals surface area contributed by atoms with Crippen LogP contribution in [0.5, 0.6) is 17.2 Å². The zero-order valence-corrected chi connectivity index (χ0v) is 14.1. The molecule has 1 aliphatic rings. The average molecular weight is 368 g/mol. The van der Waals surface area contributed by atoms with E-state index in [-0.39, 0.29) is 18.6 Å². The van der Waals surface area contributed by atoms with Crippen molar-refractivity contribution in [2.45, 2.75) is 6.10 Å². The van der Waals surface area contributed by atoms with E-state index >= 15 is 0 Å². The Labute approximate surface area is 149 Å². The monoisotopic (exact) mass is 367 g/mol. The Morgan fingerprint density at radius 2 is 1.88 bits per heavy atom. The van der Waals surface area contributed by atoms with Crippen molar-refractivity contribution in [3.8, 4) is 17.2 Å². The van der Waals surface area contributed by atoms with E-state index in [0.29, 0.717) is 40.4 Å². The van der Waals surface area contributed by atoms with Gasteiger partial charge in [0.05, 0.1) is 6.54 Å². The second-order valence-corrected chi connectivity index (χ2v) is 6.07. The molecule has 126 valence electrons. The molecule has 1 atom stereocenters. The van der Waals surface area contributed by atoms with Gasteiger partial charge in [0, 0.05) is 10.0 Å². The maximum Gasteiger partial charge on any atom is 0.258 e. The number of rotatable bonds is 5. The van der Waals surface area contributed by atoms with Crippen molar-refractivity contribution in [2.24, 2.45) is 0 Å². The molecule has 2 aromatic rings. The van der Waals surface area contributed by atoms with E-state index < -0.39 is 0 Å². The van der Waals surface area contributed by atoms with Crippen LogP contribution in [0.25, 0.3) is 0 Å². The molecule has 0 aromatic heterocycles. The van der Waals surface area contributed by atoms with Crippen LogP contribution in [0.2, 0.25) is 10.0 Å². The highest BCUT2D eigenvalue weighted by Crippen LogP contribution is 2.30. The van der Waals surface area contributed by atoms with E-state index in [1.54, 1.807) is 18.2 Å². The van der Waals surface area contributed by atoms with Gasteiger partial charge >= 0.3 is 0 Å². The minimum Gasteiger partial charge on any atom is -0.486 e. The molecule has 0 unspecified atom stereocenters. The molecule has 1 heterocycles. The average Bonchev–Trinajstić information content (AvgIpc) is 2.57. The molecule has 1 amide bonds. The SMILES string of the molecule is O=C(COc1cc(Cl)cc(Cl)c1)NC[C@H]1COc2ccccc2O1. The maximum atomic E-state index is 11.9. The highest BCUT2D eigenvalue weighted by Gasteiger charge is 2.21. The summed E-state index contributed by atoms with van der Waals surface area (Å²) in [7, 11) is 0. The fourth-order valence-corrected chi connectivity index (χ4v) is 2.71. The van der Waals surface area contributed by atoms with Crippen LogP contribution in [0, 0.1) is 0 Å². The summed E-state index contributed by atoms with van der Waals surface area (Å²) in [6, 6.07) is 12.2. The summed E-state index contributed by atoms with van der Waals surface area (Å²) in [5.41, 5.74) is 0. The third kappa shape index (κ3) is 4.46. The quantitative estimate of drug-likeness (QED) is 0.880. The van der Waals surface area contributed by atoms with E-state index in [0.717, 1.165) is 0 Å². The van der Waals surface area contributed by atoms with E-state index in [4.69, 9.17) is 37.4 Å². The van der Waals surface area contributed by atoms with Crippen LogP contribution in [-0.4, -0.2) is 31.8 Å². The van der Waals surface area contributed by atoms with Crippen molar-refractivity contribution in [2.75, 3.05) is 19.8 Å². The minimum atomic E-state index is -0.270. The minimum absolute atomic E-state index is 0.138. The molecule has 2 aromatic carbocycles. The number of fused-ring (bicyclic) bond motifs is 1. The standard InChI is InChI=1S/C17H15Cl2NO4/c18-11-5-12(19)7-13(6-11)22-10-17(21)20-8-14-9-23-15-3-1-2-4-16(15)24-14/h1-7,14H,8-10H2,(H,20,21)/t14-/m0/s1. The molecule has 0 saturated heterocycles. The third-order valence-corrected chi connectivity index (χ3v) is 3.74. The van der Waals surface area contributed by atoms with E-state index in [1.165, 1.54) is 0 Å². The Bertz CT molecular complexity index is 718. The fraction of sp³-hybridized carbons (Fsp3) is 0.235.